The lowest BCUT2D eigenvalue weighted by molar-refractivity contribution is 0.00524. The first kappa shape index (κ1) is 23.2. The zero-order chi connectivity index (χ0) is 23.4. The average molecular weight is 455 g/mol. The Balaban J connectivity index is 1.34. The number of rotatable bonds is 6. The highest BCUT2D eigenvalue weighted by molar-refractivity contribution is 5.92. The van der Waals surface area contributed by atoms with Crippen LogP contribution in [-0.4, -0.2) is 77.0 Å². The Hall–Kier alpha value is -2.94. The SMILES string of the molecule is C[C@@H]1Cc2cc(C(O)CN3CCN(C(=O)OCc4ccccc4)C[C@H]3CO)ccc2C(=O)O1. The molecule has 2 aliphatic rings. The quantitative estimate of drug-likeness (QED) is 0.645. The smallest absolute Gasteiger partial charge is 0.410 e. The summed E-state index contributed by atoms with van der Waals surface area (Å²) in [7, 11) is 0. The highest BCUT2D eigenvalue weighted by Gasteiger charge is 2.32. The van der Waals surface area contributed by atoms with Crippen LogP contribution >= 0.6 is 0 Å². The van der Waals surface area contributed by atoms with Crippen molar-refractivity contribution < 1.29 is 29.3 Å². The van der Waals surface area contributed by atoms with Gasteiger partial charge in [0.15, 0.2) is 0 Å². The van der Waals surface area contributed by atoms with Crippen LogP contribution in [0.5, 0.6) is 0 Å². The summed E-state index contributed by atoms with van der Waals surface area (Å²) in [4.78, 5) is 28.1. The third-order valence-electron chi connectivity index (χ3n) is 6.24. The maximum atomic E-state index is 12.5. The summed E-state index contributed by atoms with van der Waals surface area (Å²) in [5.74, 6) is -0.333. The van der Waals surface area contributed by atoms with E-state index in [9.17, 15) is 19.8 Å². The van der Waals surface area contributed by atoms with Gasteiger partial charge in [-0.25, -0.2) is 9.59 Å². The molecule has 3 atom stereocenters. The Morgan fingerprint density at radius 2 is 2.00 bits per heavy atom. The Morgan fingerprint density at radius 1 is 1.21 bits per heavy atom. The van der Waals surface area contributed by atoms with Crippen molar-refractivity contribution in [3.05, 3.63) is 70.8 Å². The van der Waals surface area contributed by atoms with Gasteiger partial charge < -0.3 is 24.6 Å². The van der Waals surface area contributed by atoms with Gasteiger partial charge in [0.1, 0.15) is 12.7 Å². The van der Waals surface area contributed by atoms with Gasteiger partial charge in [-0.15, -0.1) is 0 Å². The molecule has 8 nitrogen and oxygen atoms in total. The van der Waals surface area contributed by atoms with E-state index in [0.29, 0.717) is 38.2 Å². The third-order valence-corrected chi connectivity index (χ3v) is 6.24. The second kappa shape index (κ2) is 10.3. The van der Waals surface area contributed by atoms with Gasteiger partial charge in [-0.2, -0.15) is 0 Å². The monoisotopic (exact) mass is 454 g/mol. The lowest BCUT2D eigenvalue weighted by atomic mass is 9.95. The summed E-state index contributed by atoms with van der Waals surface area (Å²) in [5.41, 5.74) is 3.05. The number of fused-ring (bicyclic) bond motifs is 1. The predicted octanol–water partition coefficient (Wildman–Crippen LogP) is 2.14. The van der Waals surface area contributed by atoms with E-state index in [0.717, 1.165) is 16.7 Å². The molecule has 2 aromatic carbocycles. The van der Waals surface area contributed by atoms with Crippen LogP contribution in [0, 0.1) is 0 Å². The number of hydrogen-bond acceptors (Lipinski definition) is 7. The zero-order valence-electron chi connectivity index (χ0n) is 18.7. The van der Waals surface area contributed by atoms with Gasteiger partial charge in [0.25, 0.3) is 0 Å². The number of hydrogen-bond donors (Lipinski definition) is 2. The van der Waals surface area contributed by atoms with Crippen molar-refractivity contribution in [3.8, 4) is 0 Å². The molecule has 33 heavy (non-hydrogen) atoms. The summed E-state index contributed by atoms with van der Waals surface area (Å²) in [6.07, 6.45) is -0.765. The van der Waals surface area contributed by atoms with Crippen molar-refractivity contribution in [2.24, 2.45) is 0 Å². The maximum Gasteiger partial charge on any atom is 0.410 e. The predicted molar refractivity (Wildman–Crippen MR) is 121 cm³/mol. The molecule has 0 saturated carbocycles. The fraction of sp³-hybridized carbons (Fsp3) is 0.440. The molecule has 0 aromatic heterocycles. The molecular formula is C25H30N2O6. The first-order chi connectivity index (χ1) is 15.9. The molecule has 1 amide bonds. The fourth-order valence-electron chi connectivity index (χ4n) is 4.40. The molecule has 1 unspecified atom stereocenters. The number of esters is 1. The second-order valence-corrected chi connectivity index (χ2v) is 8.67. The largest absolute Gasteiger partial charge is 0.459 e. The van der Waals surface area contributed by atoms with Crippen LogP contribution in [0.25, 0.3) is 0 Å². The van der Waals surface area contributed by atoms with E-state index >= 15 is 0 Å². The molecule has 2 aliphatic heterocycles. The van der Waals surface area contributed by atoms with E-state index in [1.807, 2.05) is 48.2 Å². The average Bonchev–Trinajstić information content (AvgIpc) is 2.82. The fourth-order valence-corrected chi connectivity index (χ4v) is 4.40. The molecule has 1 saturated heterocycles. The van der Waals surface area contributed by atoms with Gasteiger partial charge in [0.05, 0.1) is 24.3 Å². The van der Waals surface area contributed by atoms with Crippen LogP contribution in [0.3, 0.4) is 0 Å². The summed E-state index contributed by atoms with van der Waals surface area (Å²) in [6.45, 7) is 3.51. The molecule has 2 N–H and O–H groups in total. The topological polar surface area (TPSA) is 99.5 Å². The van der Waals surface area contributed by atoms with Gasteiger partial charge >= 0.3 is 12.1 Å². The minimum atomic E-state index is -0.783. The first-order valence-electron chi connectivity index (χ1n) is 11.3. The molecule has 1 fully saturated rings. The highest BCUT2D eigenvalue weighted by atomic mass is 16.6. The van der Waals surface area contributed by atoms with E-state index in [1.54, 1.807) is 17.0 Å². The third kappa shape index (κ3) is 5.52. The van der Waals surface area contributed by atoms with E-state index in [4.69, 9.17) is 9.47 Å². The second-order valence-electron chi connectivity index (χ2n) is 8.67. The molecule has 176 valence electrons. The van der Waals surface area contributed by atoms with Gasteiger partial charge in [0.2, 0.25) is 0 Å². The Kier molecular flexibility index (Phi) is 7.27. The molecule has 0 spiro atoms. The van der Waals surface area contributed by atoms with Crippen LogP contribution in [-0.2, 0) is 22.5 Å². The number of amides is 1. The maximum absolute atomic E-state index is 12.5. The van der Waals surface area contributed by atoms with Crippen LogP contribution in [0.2, 0.25) is 0 Å². The Morgan fingerprint density at radius 3 is 2.76 bits per heavy atom. The molecule has 2 heterocycles. The van der Waals surface area contributed by atoms with Crippen molar-refractivity contribution >= 4 is 12.1 Å². The van der Waals surface area contributed by atoms with E-state index in [1.165, 1.54) is 0 Å². The summed E-state index contributed by atoms with van der Waals surface area (Å²) in [5, 5.41) is 20.8. The lowest BCUT2D eigenvalue weighted by Gasteiger charge is -2.41. The van der Waals surface area contributed by atoms with Gasteiger partial charge in [-0.05, 0) is 29.7 Å². The van der Waals surface area contributed by atoms with E-state index < -0.39 is 12.2 Å². The summed E-state index contributed by atoms with van der Waals surface area (Å²) >= 11 is 0. The number of carbonyl (C=O) groups is 2. The molecular weight excluding hydrogens is 424 g/mol. The number of aliphatic hydroxyl groups excluding tert-OH is 2. The van der Waals surface area contributed by atoms with E-state index in [-0.39, 0.29) is 31.3 Å². The van der Waals surface area contributed by atoms with Gasteiger partial charge in [0, 0.05) is 32.6 Å². The Bertz CT molecular complexity index is 982. The first-order valence-corrected chi connectivity index (χ1v) is 11.3. The minimum Gasteiger partial charge on any atom is -0.459 e. The van der Waals surface area contributed by atoms with Crippen molar-refractivity contribution in [2.75, 3.05) is 32.8 Å². The summed E-state index contributed by atoms with van der Waals surface area (Å²) in [6, 6.07) is 14.5. The minimum absolute atomic E-state index is 0.136. The number of piperazine rings is 1. The van der Waals surface area contributed by atoms with Crippen LogP contribution in [0.4, 0.5) is 4.79 Å². The van der Waals surface area contributed by atoms with Crippen LogP contribution < -0.4 is 0 Å². The van der Waals surface area contributed by atoms with Crippen LogP contribution in [0.1, 0.15) is 40.1 Å². The van der Waals surface area contributed by atoms with Crippen molar-refractivity contribution in [1.82, 2.24) is 9.80 Å². The number of carbonyl (C=O) groups excluding carboxylic acids is 2. The Labute approximate surface area is 193 Å². The number of nitrogens with zero attached hydrogens (tertiary/aromatic N) is 2. The molecule has 4 rings (SSSR count). The van der Waals surface area contributed by atoms with Gasteiger partial charge in [-0.1, -0.05) is 42.5 Å². The molecule has 0 aliphatic carbocycles. The molecule has 0 radical (unpaired) electrons. The molecule has 2 aromatic rings. The molecule has 0 bridgehead atoms. The molecule has 8 heteroatoms. The van der Waals surface area contributed by atoms with E-state index in [2.05, 4.69) is 0 Å². The van der Waals surface area contributed by atoms with Crippen molar-refractivity contribution in [2.45, 2.75) is 38.2 Å². The normalized spacial score (nSPS) is 21.8. The number of cyclic esters (lactones) is 1. The number of ether oxygens (including phenoxy) is 2. The van der Waals surface area contributed by atoms with Crippen LogP contribution in [0.15, 0.2) is 48.5 Å². The highest BCUT2D eigenvalue weighted by Crippen LogP contribution is 2.26. The lowest BCUT2D eigenvalue weighted by Crippen LogP contribution is -2.56. The van der Waals surface area contributed by atoms with Gasteiger partial charge in [-0.3, -0.25) is 4.90 Å². The zero-order valence-corrected chi connectivity index (χ0v) is 18.7. The standard InChI is InChI=1S/C25H30N2O6/c1-17-11-20-12-19(7-8-22(20)24(30)33-17)23(29)14-26-9-10-27(13-21(26)15-28)25(31)32-16-18-5-3-2-4-6-18/h2-8,12,17,21,23,28-29H,9-11,13-16H2,1H3/t17-,21+,23?/m1/s1. The summed E-state index contributed by atoms with van der Waals surface area (Å²) < 4.78 is 10.7. The number of benzene rings is 2. The number of β-amino-alcohol motifs (C(OH)–C–C–N with tert-alkyl or cyclic N) is 1. The number of aliphatic hydroxyl groups is 2. The van der Waals surface area contributed by atoms with Crippen molar-refractivity contribution in [1.29, 1.82) is 0 Å². The van der Waals surface area contributed by atoms with Crippen molar-refractivity contribution in [3.63, 3.8) is 0 Å².